The van der Waals surface area contributed by atoms with Gasteiger partial charge in [-0.1, -0.05) is 12.1 Å². The summed E-state index contributed by atoms with van der Waals surface area (Å²) in [6, 6.07) is 10.1. The van der Waals surface area contributed by atoms with Crippen LogP contribution in [0.15, 0.2) is 47.6 Å². The number of pyridine rings is 1. The molecule has 5 heteroatoms. The van der Waals surface area contributed by atoms with Gasteiger partial charge in [0.25, 0.3) is 5.91 Å². The Morgan fingerprint density at radius 2 is 2.05 bits per heavy atom. The average Bonchev–Trinajstić information content (AvgIpc) is 2.55. The number of nitrogens with zero attached hydrogens (tertiary/aromatic N) is 1. The van der Waals surface area contributed by atoms with E-state index in [1.165, 1.54) is 34.6 Å². The predicted octanol–water partition coefficient (Wildman–Crippen LogP) is 3.51. The molecule has 1 aromatic carbocycles. The number of benzene rings is 1. The van der Waals surface area contributed by atoms with Gasteiger partial charge >= 0.3 is 0 Å². The lowest BCUT2D eigenvalue weighted by Gasteiger charge is -2.16. The topological polar surface area (TPSA) is 42.0 Å². The van der Waals surface area contributed by atoms with Crippen molar-refractivity contribution in [1.29, 1.82) is 0 Å². The first-order valence-electron chi connectivity index (χ1n) is 7.26. The van der Waals surface area contributed by atoms with Gasteiger partial charge in [0.2, 0.25) is 0 Å². The van der Waals surface area contributed by atoms with Crippen molar-refractivity contribution >= 4 is 30.1 Å². The number of carbonyl (C=O) groups is 1. The van der Waals surface area contributed by atoms with Gasteiger partial charge in [-0.05, 0) is 54.3 Å². The van der Waals surface area contributed by atoms with E-state index in [0.717, 1.165) is 6.42 Å². The summed E-state index contributed by atoms with van der Waals surface area (Å²) < 4.78 is 0. The Morgan fingerprint density at radius 3 is 2.86 bits per heavy atom. The molecule has 0 spiro atoms. The van der Waals surface area contributed by atoms with Crippen LogP contribution in [0.1, 0.15) is 27.9 Å². The van der Waals surface area contributed by atoms with E-state index < -0.39 is 0 Å². The fourth-order valence-corrected chi connectivity index (χ4v) is 3.51. The number of rotatable bonds is 4. The van der Waals surface area contributed by atoms with Gasteiger partial charge in [0, 0.05) is 29.4 Å². The van der Waals surface area contributed by atoms with Crippen LogP contribution in [0.3, 0.4) is 0 Å². The van der Waals surface area contributed by atoms with Gasteiger partial charge in [-0.2, -0.15) is 0 Å². The number of aryl methyl sites for hydroxylation is 1. The molecule has 3 nitrogen and oxygen atoms in total. The Hall–Kier alpha value is -1.52. The largest absolute Gasteiger partial charge is 0.352 e. The molecule has 3 rings (SSSR count). The zero-order valence-electron chi connectivity index (χ0n) is 12.2. The standard InChI is InChI=1S/C17H18N2OS.ClH/c20-17(14-6-8-18-9-7-14)19-10-5-13-3-4-16-15(12-13)2-1-11-21-16;/h3-4,6-9,12H,1-2,5,10-11H2,(H,19,20);1H. The minimum absolute atomic E-state index is 0. The number of amides is 1. The molecular weight excluding hydrogens is 316 g/mol. The lowest BCUT2D eigenvalue weighted by molar-refractivity contribution is 0.0954. The molecule has 0 saturated heterocycles. The van der Waals surface area contributed by atoms with Crippen molar-refractivity contribution < 1.29 is 4.79 Å². The Kier molecular flexibility index (Phi) is 6.28. The van der Waals surface area contributed by atoms with Crippen LogP contribution in [0, 0.1) is 0 Å². The van der Waals surface area contributed by atoms with E-state index in [1.54, 1.807) is 24.5 Å². The number of thioether (sulfide) groups is 1. The molecule has 22 heavy (non-hydrogen) atoms. The summed E-state index contributed by atoms with van der Waals surface area (Å²) in [5, 5.41) is 2.96. The first-order chi connectivity index (χ1) is 10.3. The lowest BCUT2D eigenvalue weighted by Crippen LogP contribution is -2.25. The van der Waals surface area contributed by atoms with Crippen LogP contribution in [0.2, 0.25) is 0 Å². The van der Waals surface area contributed by atoms with Crippen molar-refractivity contribution in [3.63, 3.8) is 0 Å². The van der Waals surface area contributed by atoms with Crippen LogP contribution >= 0.6 is 24.2 Å². The number of fused-ring (bicyclic) bond motifs is 1. The highest BCUT2D eigenvalue weighted by atomic mass is 35.5. The van der Waals surface area contributed by atoms with Gasteiger partial charge < -0.3 is 5.32 Å². The molecule has 0 fully saturated rings. The molecule has 0 aliphatic carbocycles. The summed E-state index contributed by atoms with van der Waals surface area (Å²) in [5.41, 5.74) is 3.42. The second-order valence-corrected chi connectivity index (χ2v) is 6.27. The molecule has 0 bridgehead atoms. The predicted molar refractivity (Wildman–Crippen MR) is 93.0 cm³/mol. The molecule has 1 aliphatic rings. The highest BCUT2D eigenvalue weighted by Gasteiger charge is 2.10. The van der Waals surface area contributed by atoms with Crippen molar-refractivity contribution in [2.75, 3.05) is 12.3 Å². The van der Waals surface area contributed by atoms with E-state index >= 15 is 0 Å². The van der Waals surface area contributed by atoms with E-state index in [-0.39, 0.29) is 18.3 Å². The number of hydrogen-bond acceptors (Lipinski definition) is 3. The number of nitrogens with one attached hydrogen (secondary N) is 1. The molecule has 0 atom stereocenters. The maximum absolute atomic E-state index is 11.9. The molecule has 1 aliphatic heterocycles. The molecule has 2 aromatic rings. The Bertz CT molecular complexity index is 634. The van der Waals surface area contributed by atoms with Gasteiger partial charge in [-0.15, -0.1) is 24.2 Å². The SMILES string of the molecule is Cl.O=C(NCCc1ccc2c(c1)CCCS2)c1ccncc1. The van der Waals surface area contributed by atoms with Crippen LogP contribution in [0.4, 0.5) is 0 Å². The second kappa shape index (κ2) is 8.20. The summed E-state index contributed by atoms with van der Waals surface area (Å²) in [4.78, 5) is 17.3. The zero-order valence-corrected chi connectivity index (χ0v) is 13.9. The van der Waals surface area contributed by atoms with Gasteiger partial charge in [-0.25, -0.2) is 0 Å². The van der Waals surface area contributed by atoms with Gasteiger partial charge in [-0.3, -0.25) is 9.78 Å². The molecular formula is C17H19ClN2OS. The summed E-state index contributed by atoms with van der Waals surface area (Å²) in [5.74, 6) is 1.19. The van der Waals surface area contributed by atoms with Crippen LogP contribution in [-0.4, -0.2) is 23.2 Å². The van der Waals surface area contributed by atoms with Crippen LogP contribution < -0.4 is 5.32 Å². The van der Waals surface area contributed by atoms with Crippen LogP contribution in [0.25, 0.3) is 0 Å². The molecule has 1 N–H and O–H groups in total. The first kappa shape index (κ1) is 16.8. The minimum Gasteiger partial charge on any atom is -0.352 e. The maximum atomic E-state index is 11.9. The molecule has 0 saturated carbocycles. The fraction of sp³-hybridized carbons (Fsp3) is 0.294. The molecule has 2 heterocycles. The molecule has 116 valence electrons. The molecule has 1 aromatic heterocycles. The van der Waals surface area contributed by atoms with Gasteiger partial charge in [0.15, 0.2) is 0 Å². The smallest absolute Gasteiger partial charge is 0.251 e. The minimum atomic E-state index is -0.0362. The third-order valence-corrected chi connectivity index (χ3v) is 4.82. The Morgan fingerprint density at radius 1 is 1.23 bits per heavy atom. The van der Waals surface area contributed by atoms with Crippen molar-refractivity contribution in [1.82, 2.24) is 10.3 Å². The van der Waals surface area contributed by atoms with E-state index in [4.69, 9.17) is 0 Å². The van der Waals surface area contributed by atoms with Crippen molar-refractivity contribution in [3.05, 3.63) is 59.4 Å². The summed E-state index contributed by atoms with van der Waals surface area (Å²) >= 11 is 1.95. The molecule has 0 radical (unpaired) electrons. The number of halogens is 1. The number of carbonyl (C=O) groups excluding carboxylic acids is 1. The first-order valence-corrected chi connectivity index (χ1v) is 8.24. The number of aromatic nitrogens is 1. The molecule has 1 amide bonds. The highest BCUT2D eigenvalue weighted by molar-refractivity contribution is 7.99. The van der Waals surface area contributed by atoms with Crippen molar-refractivity contribution in [2.45, 2.75) is 24.2 Å². The quantitative estimate of drug-likeness (QED) is 0.930. The molecule has 0 unspecified atom stereocenters. The van der Waals surface area contributed by atoms with Crippen LogP contribution in [0.5, 0.6) is 0 Å². The zero-order chi connectivity index (χ0) is 14.5. The second-order valence-electron chi connectivity index (χ2n) is 5.14. The van der Waals surface area contributed by atoms with E-state index in [2.05, 4.69) is 28.5 Å². The maximum Gasteiger partial charge on any atom is 0.251 e. The summed E-state index contributed by atoms with van der Waals surface area (Å²) in [6.07, 6.45) is 6.58. The Labute approximate surface area is 141 Å². The average molecular weight is 335 g/mol. The summed E-state index contributed by atoms with van der Waals surface area (Å²) in [6.45, 7) is 0.660. The Balaban J connectivity index is 0.00000176. The van der Waals surface area contributed by atoms with E-state index in [0.29, 0.717) is 12.1 Å². The van der Waals surface area contributed by atoms with E-state index in [9.17, 15) is 4.79 Å². The van der Waals surface area contributed by atoms with Crippen molar-refractivity contribution in [3.8, 4) is 0 Å². The third-order valence-electron chi connectivity index (χ3n) is 3.61. The van der Waals surface area contributed by atoms with Gasteiger partial charge in [0.05, 0.1) is 0 Å². The normalized spacial score (nSPS) is 12.9. The highest BCUT2D eigenvalue weighted by Crippen LogP contribution is 2.30. The number of hydrogen-bond donors (Lipinski definition) is 1. The summed E-state index contributed by atoms with van der Waals surface area (Å²) in [7, 11) is 0. The van der Waals surface area contributed by atoms with Crippen molar-refractivity contribution in [2.24, 2.45) is 0 Å². The monoisotopic (exact) mass is 334 g/mol. The van der Waals surface area contributed by atoms with Gasteiger partial charge in [0.1, 0.15) is 0 Å². The fourth-order valence-electron chi connectivity index (χ4n) is 2.49. The van der Waals surface area contributed by atoms with E-state index in [1.807, 2.05) is 11.8 Å². The lowest BCUT2D eigenvalue weighted by atomic mass is 10.0. The van der Waals surface area contributed by atoms with Crippen LogP contribution in [-0.2, 0) is 12.8 Å². The third kappa shape index (κ3) is 4.24.